The summed E-state index contributed by atoms with van der Waals surface area (Å²) in [5, 5.41) is 5.53. The maximum Gasteiger partial charge on any atom is 0.212 e. The molecule has 0 atom stereocenters. The van der Waals surface area contributed by atoms with Crippen LogP contribution in [0.25, 0.3) is 4.96 Å². The van der Waals surface area contributed by atoms with Crippen molar-refractivity contribution in [1.82, 2.24) is 14.6 Å². The number of hydrogen-bond donors (Lipinski definition) is 0. The molecule has 0 saturated heterocycles. The lowest BCUT2D eigenvalue weighted by Gasteiger charge is -2.10. The Morgan fingerprint density at radius 3 is 2.94 bits per heavy atom. The van der Waals surface area contributed by atoms with Gasteiger partial charge in [-0.15, -0.1) is 0 Å². The van der Waals surface area contributed by atoms with Crippen molar-refractivity contribution in [3.8, 4) is 0 Å². The van der Waals surface area contributed by atoms with Crippen LogP contribution in [0.1, 0.15) is 30.2 Å². The zero-order chi connectivity index (χ0) is 12.9. The maximum atomic E-state index is 11.7. The number of fused-ring (bicyclic) bond motifs is 3. The van der Waals surface area contributed by atoms with Crippen LogP contribution in [-0.2, 0) is 28.4 Å². The Morgan fingerprint density at radius 2 is 2.22 bits per heavy atom. The molecule has 0 spiro atoms. The summed E-state index contributed by atoms with van der Waals surface area (Å²) in [5.74, 6) is 0.832. The Balaban J connectivity index is 2.07. The molecule has 1 aliphatic heterocycles. The van der Waals surface area contributed by atoms with Gasteiger partial charge >= 0.3 is 0 Å². The molecule has 0 radical (unpaired) electrons. The monoisotopic (exact) mass is 285 g/mol. The number of imidazole rings is 1. The van der Waals surface area contributed by atoms with Crippen molar-refractivity contribution in [3.63, 3.8) is 0 Å². The van der Waals surface area contributed by atoms with E-state index < -0.39 is 9.84 Å². The minimum Gasteiger partial charge on any atom is -0.228 e. The lowest BCUT2D eigenvalue weighted by atomic mass is 10.1. The first-order chi connectivity index (χ1) is 8.44. The molecule has 0 saturated carbocycles. The average Bonchev–Trinajstić information content (AvgIpc) is 2.74. The predicted octanol–water partition coefficient (Wildman–Crippen LogP) is 1.46. The highest BCUT2D eigenvalue weighted by Gasteiger charge is 2.27. The van der Waals surface area contributed by atoms with Gasteiger partial charge in [-0.1, -0.05) is 25.2 Å². The van der Waals surface area contributed by atoms with Gasteiger partial charge in [0.15, 0.2) is 9.84 Å². The van der Waals surface area contributed by atoms with Crippen LogP contribution in [-0.4, -0.2) is 28.8 Å². The molecule has 3 rings (SSSR count). The molecule has 0 N–H and O–H groups in total. The van der Waals surface area contributed by atoms with Crippen LogP contribution in [0, 0.1) is 5.92 Å². The molecule has 2 aromatic rings. The molecular formula is C11H15N3O2S2. The third-order valence-corrected chi connectivity index (χ3v) is 5.48. The van der Waals surface area contributed by atoms with Gasteiger partial charge in [0, 0.05) is 12.8 Å². The summed E-state index contributed by atoms with van der Waals surface area (Å²) < 4.78 is 25.1. The summed E-state index contributed by atoms with van der Waals surface area (Å²) in [5.41, 5.74) is 1.67. The van der Waals surface area contributed by atoms with Crippen molar-refractivity contribution < 1.29 is 8.42 Å². The standard InChI is InChI=1S/C11H15N3O2S2/c1-7(2)5-10-13-14-9-6-18(15,16)4-3-8(9)12-11(14)17-10/h7H,3-6H2,1-2H3. The lowest BCUT2D eigenvalue weighted by Crippen LogP contribution is -2.20. The van der Waals surface area contributed by atoms with Crippen LogP contribution in [0.3, 0.4) is 0 Å². The van der Waals surface area contributed by atoms with E-state index in [0.29, 0.717) is 12.3 Å². The smallest absolute Gasteiger partial charge is 0.212 e. The van der Waals surface area contributed by atoms with Gasteiger partial charge in [-0.2, -0.15) is 5.10 Å². The Hall–Kier alpha value is -0.950. The number of hydrogen-bond acceptors (Lipinski definition) is 5. The summed E-state index contributed by atoms with van der Waals surface area (Å²) in [6.45, 7) is 4.29. The van der Waals surface area contributed by atoms with Crippen molar-refractivity contribution in [2.24, 2.45) is 5.92 Å². The van der Waals surface area contributed by atoms with E-state index in [0.717, 1.165) is 27.8 Å². The van der Waals surface area contributed by atoms with Crippen LogP contribution in [0.5, 0.6) is 0 Å². The molecule has 1 aliphatic rings. The van der Waals surface area contributed by atoms with E-state index >= 15 is 0 Å². The van der Waals surface area contributed by atoms with E-state index in [4.69, 9.17) is 0 Å². The zero-order valence-corrected chi connectivity index (χ0v) is 12.0. The molecular weight excluding hydrogens is 270 g/mol. The number of nitrogens with zero attached hydrogens (tertiary/aromatic N) is 3. The van der Waals surface area contributed by atoms with Gasteiger partial charge in [-0.25, -0.2) is 17.9 Å². The molecule has 3 heterocycles. The Bertz CT molecular complexity index is 697. The van der Waals surface area contributed by atoms with Crippen LogP contribution in [0.4, 0.5) is 0 Å². The summed E-state index contributed by atoms with van der Waals surface area (Å²) in [6.07, 6.45) is 1.43. The second-order valence-electron chi connectivity index (χ2n) is 5.14. The van der Waals surface area contributed by atoms with E-state index in [2.05, 4.69) is 23.9 Å². The van der Waals surface area contributed by atoms with E-state index in [1.165, 1.54) is 0 Å². The highest BCUT2D eigenvalue weighted by atomic mass is 32.2. The van der Waals surface area contributed by atoms with Gasteiger partial charge in [0.2, 0.25) is 4.96 Å². The first-order valence-corrected chi connectivity index (χ1v) is 8.65. The third kappa shape index (κ3) is 2.05. The third-order valence-electron chi connectivity index (χ3n) is 3.01. The second-order valence-corrected chi connectivity index (χ2v) is 8.36. The first kappa shape index (κ1) is 12.1. The van der Waals surface area contributed by atoms with E-state index in [1.54, 1.807) is 15.9 Å². The Labute approximate surface area is 110 Å². The van der Waals surface area contributed by atoms with Crippen molar-refractivity contribution in [2.45, 2.75) is 32.4 Å². The normalized spacial score (nSPS) is 18.4. The van der Waals surface area contributed by atoms with Gasteiger partial charge in [-0.05, 0) is 5.92 Å². The fourth-order valence-electron chi connectivity index (χ4n) is 2.18. The molecule has 0 bridgehead atoms. The fourth-order valence-corrected chi connectivity index (χ4v) is 4.68. The largest absolute Gasteiger partial charge is 0.228 e. The maximum absolute atomic E-state index is 11.7. The van der Waals surface area contributed by atoms with E-state index in [9.17, 15) is 8.42 Å². The topological polar surface area (TPSA) is 64.3 Å². The number of rotatable bonds is 2. The number of aromatic nitrogens is 3. The SMILES string of the molecule is CC(C)Cc1nn2c3c(nc2s1)CCS(=O)(=O)C3. The van der Waals surface area contributed by atoms with Gasteiger partial charge in [-0.3, -0.25) is 0 Å². The van der Waals surface area contributed by atoms with Gasteiger partial charge in [0.25, 0.3) is 0 Å². The highest BCUT2D eigenvalue weighted by Crippen LogP contribution is 2.25. The van der Waals surface area contributed by atoms with Crippen LogP contribution in [0.2, 0.25) is 0 Å². The first-order valence-electron chi connectivity index (χ1n) is 6.01. The lowest BCUT2D eigenvalue weighted by molar-refractivity contribution is 0.588. The van der Waals surface area contributed by atoms with Gasteiger partial charge in [0.1, 0.15) is 5.01 Å². The highest BCUT2D eigenvalue weighted by molar-refractivity contribution is 7.90. The van der Waals surface area contributed by atoms with Crippen molar-refractivity contribution in [1.29, 1.82) is 0 Å². The van der Waals surface area contributed by atoms with Crippen LogP contribution >= 0.6 is 11.3 Å². The molecule has 0 amide bonds. The summed E-state index contributed by atoms with van der Waals surface area (Å²) >= 11 is 1.57. The van der Waals surface area contributed by atoms with E-state index in [-0.39, 0.29) is 11.5 Å². The molecule has 0 aliphatic carbocycles. The minimum atomic E-state index is -2.97. The molecule has 98 valence electrons. The molecule has 2 aromatic heterocycles. The van der Waals surface area contributed by atoms with Crippen LogP contribution in [0.15, 0.2) is 0 Å². The summed E-state index contributed by atoms with van der Waals surface area (Å²) in [4.78, 5) is 5.33. The molecule has 0 aromatic carbocycles. The summed E-state index contributed by atoms with van der Waals surface area (Å²) in [7, 11) is -2.97. The average molecular weight is 285 g/mol. The Morgan fingerprint density at radius 1 is 1.44 bits per heavy atom. The molecule has 7 heteroatoms. The molecule has 5 nitrogen and oxygen atoms in total. The van der Waals surface area contributed by atoms with Crippen molar-refractivity contribution in [2.75, 3.05) is 5.75 Å². The quantitative estimate of drug-likeness (QED) is 0.838. The Kier molecular flexibility index (Phi) is 2.71. The van der Waals surface area contributed by atoms with Crippen molar-refractivity contribution in [3.05, 3.63) is 16.4 Å². The van der Waals surface area contributed by atoms with Gasteiger partial charge < -0.3 is 0 Å². The second kappa shape index (κ2) is 4.03. The predicted molar refractivity (Wildman–Crippen MR) is 70.6 cm³/mol. The molecule has 18 heavy (non-hydrogen) atoms. The van der Waals surface area contributed by atoms with Crippen molar-refractivity contribution >= 4 is 26.1 Å². The minimum absolute atomic E-state index is 0.0777. The number of aryl methyl sites for hydroxylation is 1. The molecule has 0 unspecified atom stereocenters. The van der Waals surface area contributed by atoms with Gasteiger partial charge in [0.05, 0.1) is 22.9 Å². The fraction of sp³-hybridized carbons (Fsp3) is 0.636. The molecule has 0 fully saturated rings. The number of sulfone groups is 1. The zero-order valence-electron chi connectivity index (χ0n) is 10.4. The summed E-state index contributed by atoms with van der Waals surface area (Å²) in [6, 6.07) is 0. The van der Waals surface area contributed by atoms with Crippen LogP contribution < -0.4 is 0 Å². The van der Waals surface area contributed by atoms with E-state index in [1.807, 2.05) is 0 Å².